The van der Waals surface area contributed by atoms with Crippen LogP contribution in [0.15, 0.2) is 49.1 Å². The van der Waals surface area contributed by atoms with Crippen molar-refractivity contribution >= 4 is 40.0 Å². The highest BCUT2D eigenvalue weighted by Crippen LogP contribution is 2.52. The molecule has 4 fully saturated rings. The number of piperidine rings is 2. The maximum atomic E-state index is 14.9. The van der Waals surface area contributed by atoms with Gasteiger partial charge in [-0.25, -0.2) is 14.4 Å². The molecule has 0 bridgehead atoms. The van der Waals surface area contributed by atoms with Crippen LogP contribution >= 0.6 is 0 Å². The van der Waals surface area contributed by atoms with Crippen LogP contribution in [0.1, 0.15) is 89.7 Å². The number of likely N-dealkylation sites (tertiary alicyclic amines) is 2. The molecular weight excluding hydrogens is 672 g/mol. The van der Waals surface area contributed by atoms with Crippen molar-refractivity contribution in [2.45, 2.75) is 107 Å². The van der Waals surface area contributed by atoms with Gasteiger partial charge in [-0.15, -0.1) is 0 Å². The van der Waals surface area contributed by atoms with Gasteiger partial charge in [0.05, 0.1) is 34.8 Å². The fourth-order valence-corrected chi connectivity index (χ4v) is 9.62. The monoisotopic (exact) mass is 720 g/mol. The normalized spacial score (nSPS) is 23.7. The molecule has 3 aliphatic heterocycles. The molecule has 12 heteroatoms. The lowest BCUT2D eigenvalue weighted by Crippen LogP contribution is -2.60. The number of aromatic nitrogens is 4. The van der Waals surface area contributed by atoms with Gasteiger partial charge in [0.15, 0.2) is 11.6 Å². The summed E-state index contributed by atoms with van der Waals surface area (Å²) in [5, 5.41) is 3.23. The van der Waals surface area contributed by atoms with E-state index in [1.807, 2.05) is 15.5 Å². The standard InChI is InChI=1S/C41H49FN8O3/c1-26(2)49-25-44-34-23-33(46-37(36(34)49)45-32-10-15-43-24-31(32)42)27-8-9-30-35(20-27)50(29-21-28(22-29)47-16-5-4-6-17-47)38(51)40(30)13-18-48(19-14-40)39(52)41(53-3)11-7-12-41/h8-10,15,20,23-26,28-29H,4-7,11-14,16-19,21-22H2,1-3H3,(H,43,45,46)/t28-,29+. The van der Waals surface area contributed by atoms with Gasteiger partial charge in [-0.3, -0.25) is 14.6 Å². The molecule has 0 atom stereocenters. The molecule has 1 spiro atoms. The number of nitrogens with zero attached hydrogens (tertiary/aromatic N) is 7. The van der Waals surface area contributed by atoms with E-state index < -0.39 is 16.8 Å². The average molecular weight is 721 g/mol. The second-order valence-electron chi connectivity index (χ2n) is 16.2. The lowest BCUT2D eigenvalue weighted by Gasteiger charge is -2.48. The number of imidazole rings is 1. The quantitative estimate of drug-likeness (QED) is 0.213. The van der Waals surface area contributed by atoms with Gasteiger partial charge in [0.1, 0.15) is 11.1 Å². The van der Waals surface area contributed by atoms with E-state index in [1.165, 1.54) is 25.5 Å². The Morgan fingerprint density at radius 3 is 2.43 bits per heavy atom. The Hall–Kier alpha value is -4.42. The number of pyridine rings is 2. The first-order valence-electron chi connectivity index (χ1n) is 19.5. The molecule has 3 aromatic heterocycles. The third kappa shape index (κ3) is 5.54. The number of amides is 2. The third-order valence-electron chi connectivity index (χ3n) is 13.0. The summed E-state index contributed by atoms with van der Waals surface area (Å²) in [4.78, 5) is 49.0. The van der Waals surface area contributed by atoms with E-state index in [4.69, 9.17) is 14.7 Å². The minimum Gasteiger partial charge on any atom is -0.368 e. The van der Waals surface area contributed by atoms with Crippen LogP contribution in [0, 0.1) is 5.82 Å². The van der Waals surface area contributed by atoms with Crippen molar-refractivity contribution in [1.82, 2.24) is 29.3 Å². The Bertz CT molecular complexity index is 2050. The first kappa shape index (κ1) is 34.4. The Labute approximate surface area is 309 Å². The molecular formula is C41H49FN8O3. The number of ether oxygens (including phenoxy) is 1. The molecule has 9 rings (SSSR count). The number of rotatable bonds is 8. The highest BCUT2D eigenvalue weighted by molar-refractivity contribution is 6.09. The number of benzene rings is 1. The number of hydrogen-bond donors (Lipinski definition) is 1. The molecule has 278 valence electrons. The number of carbonyl (C=O) groups is 2. The second kappa shape index (κ2) is 13.2. The van der Waals surface area contributed by atoms with Gasteiger partial charge in [0, 0.05) is 55.8 Å². The number of halogens is 1. The van der Waals surface area contributed by atoms with Crippen LogP contribution < -0.4 is 10.2 Å². The van der Waals surface area contributed by atoms with Gasteiger partial charge < -0.3 is 29.3 Å². The van der Waals surface area contributed by atoms with Crippen LogP contribution in [0.4, 0.5) is 21.6 Å². The molecule has 6 heterocycles. The van der Waals surface area contributed by atoms with Crippen molar-refractivity contribution in [2.24, 2.45) is 0 Å². The summed E-state index contributed by atoms with van der Waals surface area (Å²) in [6.07, 6.45) is 14.0. The predicted octanol–water partition coefficient (Wildman–Crippen LogP) is 6.75. The summed E-state index contributed by atoms with van der Waals surface area (Å²) in [6, 6.07) is 10.6. The number of hydrogen-bond acceptors (Lipinski definition) is 8. The van der Waals surface area contributed by atoms with E-state index in [1.54, 1.807) is 25.7 Å². The molecule has 11 nitrogen and oxygen atoms in total. The lowest BCUT2D eigenvalue weighted by molar-refractivity contribution is -0.168. The summed E-state index contributed by atoms with van der Waals surface area (Å²) in [5.74, 6) is 0.263. The Morgan fingerprint density at radius 2 is 1.75 bits per heavy atom. The first-order valence-corrected chi connectivity index (χ1v) is 19.5. The molecule has 2 saturated heterocycles. The van der Waals surface area contributed by atoms with Crippen LogP contribution in [-0.2, 0) is 19.7 Å². The number of fused-ring (bicyclic) bond motifs is 3. The molecule has 0 unspecified atom stereocenters. The van der Waals surface area contributed by atoms with Crippen LogP contribution in [0.5, 0.6) is 0 Å². The van der Waals surface area contributed by atoms with Gasteiger partial charge >= 0.3 is 0 Å². The molecule has 2 saturated carbocycles. The van der Waals surface area contributed by atoms with Crippen LogP contribution in [0.2, 0.25) is 0 Å². The largest absolute Gasteiger partial charge is 0.368 e. The van der Waals surface area contributed by atoms with Crippen molar-refractivity contribution < 1.29 is 18.7 Å². The Balaban J connectivity index is 1.08. The molecule has 5 aliphatic rings. The second-order valence-corrected chi connectivity index (χ2v) is 16.2. The highest BCUT2D eigenvalue weighted by Gasteiger charge is 2.57. The Morgan fingerprint density at radius 1 is 0.981 bits per heavy atom. The van der Waals surface area contributed by atoms with Crippen LogP contribution in [-0.4, -0.2) is 92.1 Å². The number of nitrogens with one attached hydrogen (secondary N) is 1. The molecule has 53 heavy (non-hydrogen) atoms. The minimum atomic E-state index is -0.700. The predicted molar refractivity (Wildman–Crippen MR) is 202 cm³/mol. The van der Waals surface area contributed by atoms with Gasteiger partial charge in [-0.2, -0.15) is 0 Å². The van der Waals surface area contributed by atoms with E-state index >= 15 is 0 Å². The van der Waals surface area contributed by atoms with Crippen LogP contribution in [0.25, 0.3) is 22.3 Å². The van der Waals surface area contributed by atoms with E-state index in [-0.39, 0.29) is 29.6 Å². The number of methoxy groups -OCH3 is 1. The van der Waals surface area contributed by atoms with Gasteiger partial charge in [0.25, 0.3) is 5.91 Å². The van der Waals surface area contributed by atoms with Crippen molar-refractivity contribution in [1.29, 1.82) is 0 Å². The van der Waals surface area contributed by atoms with Crippen molar-refractivity contribution in [2.75, 3.05) is 43.5 Å². The van der Waals surface area contributed by atoms with Gasteiger partial charge in [-0.05, 0) is 108 Å². The van der Waals surface area contributed by atoms with Crippen molar-refractivity contribution in [3.8, 4) is 11.3 Å². The highest BCUT2D eigenvalue weighted by atomic mass is 19.1. The first-order chi connectivity index (χ1) is 25.7. The molecule has 1 N–H and O–H groups in total. The minimum absolute atomic E-state index is 0.0692. The molecule has 2 amide bonds. The van der Waals surface area contributed by atoms with Gasteiger partial charge in [0.2, 0.25) is 5.91 Å². The topological polar surface area (TPSA) is 109 Å². The number of anilines is 3. The fraction of sp³-hybridized carbons (Fsp3) is 0.537. The van der Waals surface area contributed by atoms with E-state index in [0.29, 0.717) is 43.5 Å². The third-order valence-corrected chi connectivity index (χ3v) is 13.0. The summed E-state index contributed by atoms with van der Waals surface area (Å²) in [7, 11) is 1.64. The van der Waals surface area contributed by atoms with E-state index in [2.05, 4.69) is 52.1 Å². The molecule has 0 radical (unpaired) electrons. The van der Waals surface area contributed by atoms with Crippen molar-refractivity contribution in [3.05, 3.63) is 60.4 Å². The van der Waals surface area contributed by atoms with Crippen LogP contribution in [0.3, 0.4) is 0 Å². The van der Waals surface area contributed by atoms with Gasteiger partial charge in [-0.1, -0.05) is 18.6 Å². The van der Waals surface area contributed by atoms with E-state index in [9.17, 15) is 14.0 Å². The zero-order valence-electron chi connectivity index (χ0n) is 31.0. The number of carbonyl (C=O) groups excluding carboxylic acids is 2. The maximum absolute atomic E-state index is 14.9. The zero-order chi connectivity index (χ0) is 36.5. The molecule has 1 aromatic carbocycles. The average Bonchev–Trinajstić information content (AvgIpc) is 3.67. The smallest absolute Gasteiger partial charge is 0.254 e. The summed E-state index contributed by atoms with van der Waals surface area (Å²) in [6.45, 7) is 7.50. The maximum Gasteiger partial charge on any atom is 0.254 e. The SMILES string of the molecule is COC1(C(=O)N2CCC3(CC2)C(=O)N([C@H]2C[C@@H](N4CCCCC4)C2)c2cc(-c4cc5ncn(C(C)C)c5c(Nc5ccncc5F)n4)ccc23)CCC1. The fourth-order valence-electron chi connectivity index (χ4n) is 9.62. The molecule has 4 aromatic rings. The molecule has 2 aliphatic carbocycles. The summed E-state index contributed by atoms with van der Waals surface area (Å²) < 4.78 is 22.7. The lowest BCUT2D eigenvalue weighted by atomic mass is 9.72. The summed E-state index contributed by atoms with van der Waals surface area (Å²) >= 11 is 0. The van der Waals surface area contributed by atoms with Crippen molar-refractivity contribution in [3.63, 3.8) is 0 Å². The summed E-state index contributed by atoms with van der Waals surface area (Å²) in [5.41, 5.74) is 3.98. The van der Waals surface area contributed by atoms with E-state index in [0.717, 1.165) is 73.0 Å². The Kier molecular flexibility index (Phi) is 8.53. The zero-order valence-corrected chi connectivity index (χ0v) is 31.0.